The third-order valence-corrected chi connectivity index (χ3v) is 5.47. The van der Waals surface area contributed by atoms with Gasteiger partial charge in [0.05, 0.1) is 12.2 Å². The van der Waals surface area contributed by atoms with Crippen molar-refractivity contribution in [2.45, 2.75) is 45.1 Å². The minimum Gasteiger partial charge on any atom is -0.339 e. The summed E-state index contributed by atoms with van der Waals surface area (Å²) < 4.78 is 0. The fraction of sp³-hybridized carbons (Fsp3) is 0.733. The van der Waals surface area contributed by atoms with Gasteiger partial charge in [-0.1, -0.05) is 0 Å². The molecule has 0 unspecified atom stereocenters. The van der Waals surface area contributed by atoms with E-state index in [1.807, 2.05) is 23.3 Å². The highest BCUT2D eigenvalue weighted by Crippen LogP contribution is 2.27. The largest absolute Gasteiger partial charge is 0.339 e. The van der Waals surface area contributed by atoms with Crippen LogP contribution in [-0.4, -0.2) is 35.9 Å². The maximum Gasteiger partial charge on any atom is 0.225 e. The molecule has 4 nitrogen and oxygen atoms in total. The van der Waals surface area contributed by atoms with Crippen molar-refractivity contribution in [2.24, 2.45) is 5.92 Å². The minimum absolute atomic E-state index is 0. The van der Waals surface area contributed by atoms with Crippen LogP contribution in [0.5, 0.6) is 0 Å². The summed E-state index contributed by atoms with van der Waals surface area (Å²) in [5.74, 6) is 0.496. The molecule has 1 N–H and O–H groups in total. The second-order valence-corrected chi connectivity index (χ2v) is 7.07. The summed E-state index contributed by atoms with van der Waals surface area (Å²) in [4.78, 5) is 20.5. The lowest BCUT2D eigenvalue weighted by Gasteiger charge is -2.26. The van der Waals surface area contributed by atoms with Gasteiger partial charge in [0.15, 0.2) is 0 Å². The quantitative estimate of drug-likeness (QED) is 0.926. The average Bonchev–Trinajstić information content (AvgIpc) is 2.89. The molecule has 1 aliphatic carbocycles. The summed E-state index contributed by atoms with van der Waals surface area (Å²) in [6, 6.07) is 0. The molecule has 0 radical (unpaired) electrons. The second kappa shape index (κ2) is 7.56. The van der Waals surface area contributed by atoms with E-state index in [1.165, 1.54) is 29.8 Å². The lowest BCUT2D eigenvalue weighted by atomic mass is 9.97. The normalized spacial score (nSPS) is 18.7. The van der Waals surface area contributed by atoms with Crippen molar-refractivity contribution in [3.63, 3.8) is 0 Å². The van der Waals surface area contributed by atoms with Crippen molar-refractivity contribution < 1.29 is 4.79 Å². The van der Waals surface area contributed by atoms with Crippen LogP contribution in [0.4, 0.5) is 0 Å². The van der Waals surface area contributed by atoms with Crippen LogP contribution in [0.15, 0.2) is 0 Å². The van der Waals surface area contributed by atoms with Gasteiger partial charge in [-0.2, -0.15) is 0 Å². The van der Waals surface area contributed by atoms with Gasteiger partial charge >= 0.3 is 0 Å². The number of nitrogens with zero attached hydrogens (tertiary/aromatic N) is 2. The molecule has 1 aromatic rings. The lowest BCUT2D eigenvalue weighted by molar-refractivity contribution is -0.135. The first-order valence-electron chi connectivity index (χ1n) is 7.67. The summed E-state index contributed by atoms with van der Waals surface area (Å²) in [6.45, 7) is 2.62. The molecule has 0 atom stereocenters. The molecular formula is C15H24ClN3OS. The standard InChI is InChI=1S/C15H23N3OS.ClH/c1-18(15(19)11-6-8-16-9-7-11)10-14-17-12-4-2-3-5-13(12)20-14;/h11,16H,2-10H2,1H3;1H. The topological polar surface area (TPSA) is 45.2 Å². The molecule has 0 spiro atoms. The molecule has 2 heterocycles. The van der Waals surface area contributed by atoms with Crippen LogP contribution in [0, 0.1) is 5.92 Å². The molecule has 1 aliphatic heterocycles. The van der Waals surface area contributed by atoms with Gasteiger partial charge in [0.2, 0.25) is 5.91 Å². The summed E-state index contributed by atoms with van der Waals surface area (Å²) in [5.41, 5.74) is 1.29. The zero-order chi connectivity index (χ0) is 13.9. The molecule has 0 bridgehead atoms. The van der Waals surface area contributed by atoms with E-state index >= 15 is 0 Å². The van der Waals surface area contributed by atoms with Gasteiger partial charge in [0.1, 0.15) is 5.01 Å². The van der Waals surface area contributed by atoms with E-state index in [0.29, 0.717) is 12.5 Å². The van der Waals surface area contributed by atoms with Gasteiger partial charge in [0.25, 0.3) is 0 Å². The molecule has 1 aromatic heterocycles. The number of fused-ring (bicyclic) bond motifs is 1. The fourth-order valence-corrected chi connectivity index (χ4v) is 4.34. The number of carbonyl (C=O) groups excluding carboxylic acids is 1. The zero-order valence-corrected chi connectivity index (χ0v) is 14.2. The van der Waals surface area contributed by atoms with Crippen LogP contribution >= 0.6 is 23.7 Å². The van der Waals surface area contributed by atoms with Gasteiger partial charge < -0.3 is 10.2 Å². The maximum absolute atomic E-state index is 12.4. The van der Waals surface area contributed by atoms with E-state index in [0.717, 1.165) is 37.4 Å². The van der Waals surface area contributed by atoms with Crippen molar-refractivity contribution >= 4 is 29.7 Å². The number of aryl methyl sites for hydroxylation is 2. The number of carbonyl (C=O) groups is 1. The van der Waals surface area contributed by atoms with E-state index in [9.17, 15) is 4.79 Å². The number of rotatable bonds is 3. The van der Waals surface area contributed by atoms with Crippen molar-refractivity contribution in [2.75, 3.05) is 20.1 Å². The SMILES string of the molecule is CN(Cc1nc2c(s1)CCCC2)C(=O)C1CCNCC1.Cl. The first kappa shape index (κ1) is 16.7. The second-order valence-electron chi connectivity index (χ2n) is 5.90. The van der Waals surface area contributed by atoms with E-state index in [-0.39, 0.29) is 18.3 Å². The fourth-order valence-electron chi connectivity index (χ4n) is 3.13. The first-order chi connectivity index (χ1) is 9.74. The van der Waals surface area contributed by atoms with Crippen LogP contribution in [0.3, 0.4) is 0 Å². The van der Waals surface area contributed by atoms with Gasteiger partial charge in [-0.15, -0.1) is 23.7 Å². The van der Waals surface area contributed by atoms with Crippen LogP contribution < -0.4 is 5.32 Å². The molecule has 1 saturated heterocycles. The third kappa shape index (κ3) is 3.96. The number of aromatic nitrogens is 1. The van der Waals surface area contributed by atoms with E-state index in [1.54, 1.807) is 0 Å². The molecule has 1 fully saturated rings. The Kier molecular flexibility index (Phi) is 6.02. The minimum atomic E-state index is 0. The third-order valence-electron chi connectivity index (χ3n) is 4.33. The number of hydrogen-bond donors (Lipinski definition) is 1. The number of piperidine rings is 1. The Labute approximate surface area is 136 Å². The summed E-state index contributed by atoms with van der Waals surface area (Å²) in [7, 11) is 1.92. The number of halogens is 1. The van der Waals surface area contributed by atoms with Crippen LogP contribution in [0.1, 0.15) is 41.3 Å². The van der Waals surface area contributed by atoms with E-state index in [4.69, 9.17) is 4.98 Å². The van der Waals surface area contributed by atoms with E-state index < -0.39 is 0 Å². The van der Waals surface area contributed by atoms with Crippen LogP contribution in [0.25, 0.3) is 0 Å². The Balaban J connectivity index is 0.00000161. The average molecular weight is 330 g/mol. The first-order valence-corrected chi connectivity index (χ1v) is 8.49. The number of amides is 1. The van der Waals surface area contributed by atoms with E-state index in [2.05, 4.69) is 5.32 Å². The zero-order valence-electron chi connectivity index (χ0n) is 12.6. The number of hydrogen-bond acceptors (Lipinski definition) is 4. The van der Waals surface area contributed by atoms with Gasteiger partial charge in [0, 0.05) is 17.8 Å². The Morgan fingerprint density at radius 3 is 2.76 bits per heavy atom. The maximum atomic E-state index is 12.4. The van der Waals surface area contributed by atoms with Gasteiger partial charge in [-0.05, 0) is 51.6 Å². The van der Waals surface area contributed by atoms with Crippen molar-refractivity contribution in [3.05, 3.63) is 15.6 Å². The summed E-state index contributed by atoms with van der Waals surface area (Å²) in [6.07, 6.45) is 6.80. The molecule has 0 aromatic carbocycles. The highest BCUT2D eigenvalue weighted by atomic mass is 35.5. The Bertz CT molecular complexity index is 462. The Hall–Kier alpha value is -0.650. The lowest BCUT2D eigenvalue weighted by Crippen LogP contribution is -2.38. The monoisotopic (exact) mass is 329 g/mol. The van der Waals surface area contributed by atoms with Gasteiger partial charge in [-0.3, -0.25) is 4.79 Å². The number of thiazole rings is 1. The molecule has 6 heteroatoms. The molecule has 3 rings (SSSR count). The highest BCUT2D eigenvalue weighted by Gasteiger charge is 2.25. The highest BCUT2D eigenvalue weighted by molar-refractivity contribution is 7.11. The molecule has 118 valence electrons. The molecule has 1 amide bonds. The molecular weight excluding hydrogens is 306 g/mol. The predicted molar refractivity (Wildman–Crippen MR) is 88.1 cm³/mol. The predicted octanol–water partition coefficient (Wildman–Crippen LogP) is 2.40. The molecule has 0 saturated carbocycles. The smallest absolute Gasteiger partial charge is 0.225 e. The van der Waals surface area contributed by atoms with Gasteiger partial charge in [-0.25, -0.2) is 4.98 Å². The number of nitrogens with one attached hydrogen (secondary N) is 1. The Morgan fingerprint density at radius 2 is 2.05 bits per heavy atom. The van der Waals surface area contributed by atoms with Crippen LogP contribution in [0.2, 0.25) is 0 Å². The Morgan fingerprint density at radius 1 is 1.33 bits per heavy atom. The molecule has 21 heavy (non-hydrogen) atoms. The van der Waals surface area contributed by atoms with Crippen molar-refractivity contribution in [1.82, 2.24) is 15.2 Å². The van der Waals surface area contributed by atoms with Crippen LogP contribution in [-0.2, 0) is 24.2 Å². The van der Waals surface area contributed by atoms with Crippen molar-refractivity contribution in [3.8, 4) is 0 Å². The summed E-state index contributed by atoms with van der Waals surface area (Å²) >= 11 is 1.81. The summed E-state index contributed by atoms with van der Waals surface area (Å²) in [5, 5.41) is 4.42. The molecule has 2 aliphatic rings. The van der Waals surface area contributed by atoms with Crippen molar-refractivity contribution in [1.29, 1.82) is 0 Å².